The molecule has 0 saturated carbocycles. The maximum atomic E-state index is 8.60. The second-order valence-electron chi connectivity index (χ2n) is 4.86. The third-order valence-electron chi connectivity index (χ3n) is 3.08. The van der Waals surface area contributed by atoms with Gasteiger partial charge in [-0.05, 0) is 53.8 Å². The fourth-order valence-electron chi connectivity index (χ4n) is 1.44. The van der Waals surface area contributed by atoms with Crippen LogP contribution in [0, 0.1) is 0 Å². The highest BCUT2D eigenvalue weighted by Crippen LogP contribution is 2.55. The molecule has 10 heteroatoms. The van der Waals surface area contributed by atoms with Crippen LogP contribution in [0.3, 0.4) is 0 Å². The Balaban J connectivity index is 2.81. The van der Waals surface area contributed by atoms with Crippen molar-refractivity contribution in [3.8, 4) is 5.75 Å². The molecule has 2 atom stereocenters. The molecule has 0 aromatic heterocycles. The average Bonchev–Trinajstić information content (AvgIpc) is 2.54. The van der Waals surface area contributed by atoms with Crippen molar-refractivity contribution in [3.63, 3.8) is 0 Å². The van der Waals surface area contributed by atoms with Crippen LogP contribution in [0.1, 0.15) is 25.8 Å². The van der Waals surface area contributed by atoms with E-state index in [1.54, 1.807) is 37.1 Å². The zero-order valence-electron chi connectivity index (χ0n) is 13.1. The minimum Gasteiger partial charge on any atom is -0.481 e. The molecule has 0 amide bonds. The summed E-state index contributed by atoms with van der Waals surface area (Å²) in [7, 11) is 1.78. The Kier molecular flexibility index (Phi) is 8.10. The SMILES string of the molecule is CCC(C)(N=[N+]=[N-])Oc1ccc(/C=N/N(C)P(=S)(Cl)CI)cc1. The Bertz CT molecular complexity index is 652. The van der Waals surface area contributed by atoms with Crippen molar-refractivity contribution in [3.05, 3.63) is 40.3 Å². The monoisotopic (exact) mass is 485 g/mol. The van der Waals surface area contributed by atoms with E-state index in [0.29, 0.717) is 16.3 Å². The molecule has 0 aliphatic rings. The molecular formula is C13H18ClIN5OPS. The zero-order chi connectivity index (χ0) is 17.5. The van der Waals surface area contributed by atoms with Crippen molar-refractivity contribution >= 4 is 57.4 Å². The number of nitrogens with zero attached hydrogens (tertiary/aromatic N) is 5. The maximum absolute atomic E-state index is 8.60. The van der Waals surface area contributed by atoms with E-state index in [0.717, 1.165) is 5.56 Å². The van der Waals surface area contributed by atoms with Gasteiger partial charge in [-0.2, -0.15) is 5.10 Å². The van der Waals surface area contributed by atoms with Gasteiger partial charge in [-0.1, -0.05) is 52.6 Å². The molecule has 0 fully saturated rings. The number of azide groups is 1. The van der Waals surface area contributed by atoms with E-state index in [1.807, 2.05) is 19.1 Å². The van der Waals surface area contributed by atoms with E-state index in [1.165, 1.54) is 0 Å². The summed E-state index contributed by atoms with van der Waals surface area (Å²) in [5, 5.41) is 7.99. The van der Waals surface area contributed by atoms with Gasteiger partial charge < -0.3 is 4.74 Å². The van der Waals surface area contributed by atoms with Gasteiger partial charge in [0.2, 0.25) is 0 Å². The number of ether oxygens (including phenoxy) is 1. The summed E-state index contributed by atoms with van der Waals surface area (Å²) in [6.07, 6.45) is 2.27. The largest absolute Gasteiger partial charge is 0.481 e. The molecule has 1 aromatic carbocycles. The summed E-state index contributed by atoms with van der Waals surface area (Å²) in [5.41, 5.74) is 6.51. The lowest BCUT2D eigenvalue weighted by atomic mass is 10.2. The number of benzene rings is 1. The molecule has 6 nitrogen and oxygen atoms in total. The van der Waals surface area contributed by atoms with Gasteiger partial charge in [0, 0.05) is 12.0 Å². The first-order valence-corrected chi connectivity index (χ1v) is 12.1. The number of hydrogen-bond donors (Lipinski definition) is 0. The molecule has 2 unspecified atom stereocenters. The fourth-order valence-corrected chi connectivity index (χ4v) is 3.37. The van der Waals surface area contributed by atoms with Crippen LogP contribution in [0.4, 0.5) is 0 Å². The van der Waals surface area contributed by atoms with Crippen LogP contribution in [0.5, 0.6) is 5.75 Å². The second kappa shape index (κ2) is 9.08. The molecule has 0 saturated heterocycles. The van der Waals surface area contributed by atoms with Gasteiger partial charge >= 0.3 is 0 Å². The number of halogens is 2. The van der Waals surface area contributed by atoms with Crippen LogP contribution in [0.15, 0.2) is 34.5 Å². The van der Waals surface area contributed by atoms with E-state index in [-0.39, 0.29) is 0 Å². The minimum absolute atomic E-state index is 0.571. The number of alkyl halides is 1. The van der Waals surface area contributed by atoms with Crippen LogP contribution in [-0.2, 0) is 11.8 Å². The molecule has 0 N–H and O–H groups in total. The van der Waals surface area contributed by atoms with E-state index in [4.69, 9.17) is 33.3 Å². The van der Waals surface area contributed by atoms with Crippen LogP contribution in [-0.4, -0.2) is 27.9 Å². The topological polar surface area (TPSA) is 73.6 Å². The molecule has 1 rings (SSSR count). The summed E-state index contributed by atoms with van der Waals surface area (Å²) >= 11 is 13.7. The smallest absolute Gasteiger partial charge is 0.184 e. The summed E-state index contributed by atoms with van der Waals surface area (Å²) in [6.45, 7) is 3.64. The Labute approximate surface area is 159 Å². The molecule has 0 radical (unpaired) electrons. The van der Waals surface area contributed by atoms with Crippen molar-refractivity contribution in [1.82, 2.24) is 4.78 Å². The Morgan fingerprint density at radius 1 is 1.52 bits per heavy atom. The first-order chi connectivity index (χ1) is 10.8. The van der Waals surface area contributed by atoms with Crippen molar-refractivity contribution in [2.24, 2.45) is 10.2 Å². The molecule has 0 aliphatic heterocycles. The third-order valence-corrected chi connectivity index (χ3v) is 12.0. The van der Waals surface area contributed by atoms with Crippen molar-refractivity contribution < 1.29 is 4.74 Å². The Hall–Kier alpha value is -0.530. The van der Waals surface area contributed by atoms with Gasteiger partial charge in [0.25, 0.3) is 0 Å². The first-order valence-electron chi connectivity index (χ1n) is 6.74. The normalized spacial score (nSPS) is 16.2. The van der Waals surface area contributed by atoms with Gasteiger partial charge in [0.05, 0.1) is 10.4 Å². The van der Waals surface area contributed by atoms with Gasteiger partial charge in [-0.15, -0.1) is 0 Å². The third kappa shape index (κ3) is 6.47. The van der Waals surface area contributed by atoms with Crippen molar-refractivity contribution in [2.45, 2.75) is 26.0 Å². The molecular weight excluding hydrogens is 468 g/mol. The zero-order valence-corrected chi connectivity index (χ0v) is 17.7. The molecule has 126 valence electrons. The number of hydrogen-bond acceptors (Lipinski definition) is 4. The highest BCUT2D eigenvalue weighted by molar-refractivity contribution is 14.1. The van der Waals surface area contributed by atoms with Gasteiger partial charge in [0.15, 0.2) is 5.72 Å². The predicted molar refractivity (Wildman–Crippen MR) is 109 cm³/mol. The summed E-state index contributed by atoms with van der Waals surface area (Å²) in [6, 6.07) is 7.33. The lowest BCUT2D eigenvalue weighted by Gasteiger charge is -2.24. The van der Waals surface area contributed by atoms with Crippen molar-refractivity contribution in [2.75, 3.05) is 11.2 Å². The number of rotatable bonds is 8. The van der Waals surface area contributed by atoms with Crippen molar-refractivity contribution in [1.29, 1.82) is 0 Å². The molecule has 0 heterocycles. The maximum Gasteiger partial charge on any atom is 0.184 e. The Morgan fingerprint density at radius 2 is 2.13 bits per heavy atom. The summed E-state index contributed by atoms with van der Waals surface area (Å²) in [5.74, 6) is 0.627. The highest BCUT2D eigenvalue weighted by atomic mass is 127. The summed E-state index contributed by atoms with van der Waals surface area (Å²) < 4.78 is 8.06. The molecule has 0 aliphatic carbocycles. The highest BCUT2D eigenvalue weighted by Gasteiger charge is 2.22. The minimum atomic E-state index is -2.09. The first kappa shape index (κ1) is 20.5. The van der Waals surface area contributed by atoms with E-state index in [9.17, 15) is 0 Å². The van der Waals surface area contributed by atoms with E-state index < -0.39 is 11.3 Å². The molecule has 1 aromatic rings. The molecule has 0 bridgehead atoms. The van der Waals surface area contributed by atoms with Gasteiger partial charge in [0.1, 0.15) is 11.3 Å². The standard InChI is InChI=1S/C13H18ClIN5OPS/c1-4-13(2,18-19-16)21-12-7-5-11(6-8-12)9-17-20(3)22(14,23)10-15/h5-9H,4,10H2,1-3H3/b17-9+. The quantitative estimate of drug-likeness (QED) is 0.0692. The van der Waals surface area contributed by atoms with Crippen LogP contribution < -0.4 is 4.74 Å². The lowest BCUT2D eigenvalue weighted by molar-refractivity contribution is 0.0921. The van der Waals surface area contributed by atoms with Crippen LogP contribution in [0.2, 0.25) is 0 Å². The average molecular weight is 486 g/mol. The van der Waals surface area contributed by atoms with E-state index in [2.05, 4.69) is 37.7 Å². The van der Waals surface area contributed by atoms with Crippen LogP contribution in [0.25, 0.3) is 10.4 Å². The number of hydrazone groups is 1. The summed E-state index contributed by atoms with van der Waals surface area (Å²) in [4.78, 5) is 2.83. The van der Waals surface area contributed by atoms with E-state index >= 15 is 0 Å². The van der Waals surface area contributed by atoms with Crippen LogP contribution >= 0.6 is 39.4 Å². The van der Waals surface area contributed by atoms with Gasteiger partial charge in [-0.3, -0.25) is 4.78 Å². The molecule has 23 heavy (non-hydrogen) atoms. The predicted octanol–water partition coefficient (Wildman–Crippen LogP) is 5.71. The Morgan fingerprint density at radius 3 is 2.61 bits per heavy atom. The lowest BCUT2D eigenvalue weighted by Crippen LogP contribution is -2.28. The fraction of sp³-hybridized carbons (Fsp3) is 0.462. The second-order valence-corrected chi connectivity index (χ2v) is 13.0. The van der Waals surface area contributed by atoms with Gasteiger partial charge in [-0.25, -0.2) is 0 Å². The molecule has 0 spiro atoms.